The fourth-order valence-corrected chi connectivity index (χ4v) is 1.09. The smallest absolute Gasteiger partial charge is 0.180 e. The highest BCUT2D eigenvalue weighted by Gasteiger charge is 2.12. The summed E-state index contributed by atoms with van der Waals surface area (Å²) in [5, 5.41) is 0. The lowest BCUT2D eigenvalue weighted by Crippen LogP contribution is -2.05. The van der Waals surface area contributed by atoms with E-state index in [9.17, 15) is 13.6 Å². The minimum atomic E-state index is -0.867. The third-order valence-electron chi connectivity index (χ3n) is 1.67. The average Bonchev–Trinajstić information content (AvgIpc) is 2.10. The Morgan fingerprint density at radius 1 is 1.38 bits per heavy atom. The van der Waals surface area contributed by atoms with Crippen molar-refractivity contribution in [1.82, 2.24) is 0 Å². The first-order chi connectivity index (χ1) is 6.06. The maximum Gasteiger partial charge on any atom is 0.180 e. The predicted octanol–water partition coefficient (Wildman–Crippen LogP) is 2.69. The molecular formula is C9H7ClF2O. The normalized spacial score (nSPS) is 10.2. The van der Waals surface area contributed by atoms with Crippen LogP contribution in [0.15, 0.2) is 12.1 Å². The van der Waals surface area contributed by atoms with E-state index in [0.717, 1.165) is 6.07 Å². The number of carbonyl (C=O) groups excluding carboxylic acids is 1. The van der Waals surface area contributed by atoms with Gasteiger partial charge in [-0.15, -0.1) is 11.6 Å². The van der Waals surface area contributed by atoms with Crippen LogP contribution in [0.4, 0.5) is 8.78 Å². The average molecular weight is 205 g/mol. The van der Waals surface area contributed by atoms with Gasteiger partial charge >= 0.3 is 0 Å². The number of alkyl halides is 1. The molecule has 1 nitrogen and oxygen atoms in total. The Morgan fingerprint density at radius 2 is 2.00 bits per heavy atom. The molecule has 13 heavy (non-hydrogen) atoms. The van der Waals surface area contributed by atoms with Crippen molar-refractivity contribution in [3.8, 4) is 0 Å². The van der Waals surface area contributed by atoms with Gasteiger partial charge in [-0.3, -0.25) is 4.79 Å². The molecule has 0 aromatic heterocycles. The first-order valence-electron chi connectivity index (χ1n) is 3.61. The van der Waals surface area contributed by atoms with E-state index in [4.69, 9.17) is 11.6 Å². The van der Waals surface area contributed by atoms with E-state index in [0.29, 0.717) is 6.07 Å². The summed E-state index contributed by atoms with van der Waals surface area (Å²) >= 11 is 5.24. The number of hydrogen-bond donors (Lipinski definition) is 0. The van der Waals surface area contributed by atoms with Gasteiger partial charge in [0.2, 0.25) is 0 Å². The number of Topliss-reactive ketones (excluding diaryl/α,β-unsaturated/α-hetero) is 1. The van der Waals surface area contributed by atoms with E-state index >= 15 is 0 Å². The summed E-state index contributed by atoms with van der Waals surface area (Å²) in [6.07, 6.45) is 0. The lowest BCUT2D eigenvalue weighted by Gasteiger charge is -2.02. The molecule has 0 radical (unpaired) electrons. The molecule has 1 aromatic carbocycles. The van der Waals surface area contributed by atoms with Crippen molar-refractivity contribution >= 4 is 17.4 Å². The Kier molecular flexibility index (Phi) is 2.98. The second kappa shape index (κ2) is 3.83. The molecule has 0 saturated carbocycles. The molecule has 0 aliphatic heterocycles. The maximum absolute atomic E-state index is 12.9. The Hall–Kier alpha value is -0.960. The summed E-state index contributed by atoms with van der Waals surface area (Å²) in [6, 6.07) is 1.85. The minimum Gasteiger partial charge on any atom is -0.293 e. The van der Waals surface area contributed by atoms with Gasteiger partial charge in [-0.25, -0.2) is 8.78 Å². The van der Waals surface area contributed by atoms with Gasteiger partial charge in [0.05, 0.1) is 11.4 Å². The van der Waals surface area contributed by atoms with Gasteiger partial charge < -0.3 is 0 Å². The summed E-state index contributed by atoms with van der Waals surface area (Å²) in [6.45, 7) is 1.46. The number of halogens is 3. The van der Waals surface area contributed by atoms with Gasteiger partial charge in [0.1, 0.15) is 11.6 Å². The van der Waals surface area contributed by atoms with Crippen molar-refractivity contribution in [3.63, 3.8) is 0 Å². The Morgan fingerprint density at radius 3 is 2.54 bits per heavy atom. The van der Waals surface area contributed by atoms with Gasteiger partial charge in [-0.2, -0.15) is 0 Å². The third kappa shape index (κ3) is 2.04. The molecule has 0 fully saturated rings. The van der Waals surface area contributed by atoms with E-state index < -0.39 is 17.4 Å². The first kappa shape index (κ1) is 10.1. The van der Waals surface area contributed by atoms with Crippen molar-refractivity contribution in [2.24, 2.45) is 0 Å². The van der Waals surface area contributed by atoms with Crippen LogP contribution in [0, 0.1) is 18.6 Å². The zero-order valence-electron chi connectivity index (χ0n) is 6.90. The molecule has 0 heterocycles. The number of ketones is 1. The van der Waals surface area contributed by atoms with E-state index in [1.807, 2.05) is 0 Å². The zero-order chi connectivity index (χ0) is 10.0. The minimum absolute atomic E-state index is 0.158. The SMILES string of the molecule is Cc1cc(C(=O)CCl)c(F)cc1F. The number of aryl methyl sites for hydroxylation is 1. The van der Waals surface area contributed by atoms with Crippen molar-refractivity contribution in [2.45, 2.75) is 6.92 Å². The van der Waals surface area contributed by atoms with E-state index in [-0.39, 0.29) is 17.0 Å². The molecule has 0 amide bonds. The van der Waals surface area contributed by atoms with Gasteiger partial charge in [0.25, 0.3) is 0 Å². The van der Waals surface area contributed by atoms with Crippen LogP contribution in [0.5, 0.6) is 0 Å². The largest absolute Gasteiger partial charge is 0.293 e. The molecule has 0 N–H and O–H groups in total. The second-order valence-corrected chi connectivity index (χ2v) is 2.91. The number of rotatable bonds is 2. The molecule has 0 saturated heterocycles. The van der Waals surface area contributed by atoms with Crippen LogP contribution in [0.1, 0.15) is 15.9 Å². The van der Waals surface area contributed by atoms with Gasteiger partial charge in [0.15, 0.2) is 5.78 Å². The van der Waals surface area contributed by atoms with Gasteiger partial charge in [-0.05, 0) is 18.6 Å². The quantitative estimate of drug-likeness (QED) is 0.535. The molecule has 4 heteroatoms. The van der Waals surface area contributed by atoms with Crippen molar-refractivity contribution in [2.75, 3.05) is 5.88 Å². The maximum atomic E-state index is 12.9. The fourth-order valence-electron chi connectivity index (χ4n) is 0.943. The highest BCUT2D eigenvalue weighted by Crippen LogP contribution is 2.14. The Labute approximate surface area is 79.3 Å². The molecular weight excluding hydrogens is 198 g/mol. The predicted molar refractivity (Wildman–Crippen MR) is 46.1 cm³/mol. The van der Waals surface area contributed by atoms with Crippen molar-refractivity contribution < 1.29 is 13.6 Å². The fraction of sp³-hybridized carbons (Fsp3) is 0.222. The van der Waals surface area contributed by atoms with Crippen molar-refractivity contribution in [3.05, 3.63) is 34.9 Å². The first-order valence-corrected chi connectivity index (χ1v) is 4.14. The van der Waals surface area contributed by atoms with Crippen LogP contribution in [0.25, 0.3) is 0 Å². The lowest BCUT2D eigenvalue weighted by atomic mass is 10.1. The number of benzene rings is 1. The second-order valence-electron chi connectivity index (χ2n) is 2.64. The van der Waals surface area contributed by atoms with E-state index in [1.54, 1.807) is 0 Å². The summed E-state index contributed by atoms with van der Waals surface area (Å²) in [4.78, 5) is 11.0. The van der Waals surface area contributed by atoms with Gasteiger partial charge in [0, 0.05) is 6.07 Å². The molecule has 0 atom stereocenters. The number of hydrogen-bond acceptors (Lipinski definition) is 1. The molecule has 0 aliphatic carbocycles. The Bertz CT molecular complexity index is 350. The van der Waals surface area contributed by atoms with Crippen LogP contribution in [-0.4, -0.2) is 11.7 Å². The lowest BCUT2D eigenvalue weighted by molar-refractivity contribution is 0.101. The zero-order valence-corrected chi connectivity index (χ0v) is 7.66. The molecule has 0 unspecified atom stereocenters. The number of carbonyl (C=O) groups is 1. The highest BCUT2D eigenvalue weighted by molar-refractivity contribution is 6.30. The highest BCUT2D eigenvalue weighted by atomic mass is 35.5. The van der Waals surface area contributed by atoms with Crippen molar-refractivity contribution in [1.29, 1.82) is 0 Å². The summed E-state index contributed by atoms with van der Waals surface area (Å²) in [7, 11) is 0. The van der Waals surface area contributed by atoms with E-state index in [2.05, 4.69) is 0 Å². The van der Waals surface area contributed by atoms with Crippen LogP contribution < -0.4 is 0 Å². The molecule has 70 valence electrons. The molecule has 1 rings (SSSR count). The molecule has 1 aromatic rings. The van der Waals surface area contributed by atoms with Crippen LogP contribution in [0.3, 0.4) is 0 Å². The monoisotopic (exact) mass is 204 g/mol. The van der Waals surface area contributed by atoms with Crippen LogP contribution in [-0.2, 0) is 0 Å². The summed E-state index contributed by atoms with van der Waals surface area (Å²) in [5.74, 6) is -2.37. The summed E-state index contributed by atoms with van der Waals surface area (Å²) in [5.41, 5.74) is 0.0729. The topological polar surface area (TPSA) is 17.1 Å². The summed E-state index contributed by atoms with van der Waals surface area (Å²) < 4.78 is 25.7. The molecule has 0 bridgehead atoms. The van der Waals surface area contributed by atoms with E-state index in [1.165, 1.54) is 6.92 Å². The van der Waals surface area contributed by atoms with Gasteiger partial charge in [-0.1, -0.05) is 0 Å². The Balaban J connectivity index is 3.23. The third-order valence-corrected chi connectivity index (χ3v) is 1.91. The van der Waals surface area contributed by atoms with Crippen LogP contribution in [0.2, 0.25) is 0 Å². The molecule has 0 aliphatic rings. The van der Waals surface area contributed by atoms with Crippen LogP contribution >= 0.6 is 11.6 Å². The standard InChI is InChI=1S/C9H7ClF2O/c1-5-2-6(9(13)4-10)8(12)3-7(5)11/h2-3H,4H2,1H3. The molecule has 0 spiro atoms.